The predicted octanol–water partition coefficient (Wildman–Crippen LogP) is 2.04. The van der Waals surface area contributed by atoms with Crippen molar-refractivity contribution in [1.82, 2.24) is 0 Å². The van der Waals surface area contributed by atoms with Gasteiger partial charge in [-0.2, -0.15) is 0 Å². The lowest BCUT2D eigenvalue weighted by atomic mass is 10.3. The first-order chi connectivity index (χ1) is 6.79. The van der Waals surface area contributed by atoms with Gasteiger partial charge in [-0.05, 0) is 18.6 Å². The molecule has 0 spiro atoms. The molecule has 2 nitrogen and oxygen atoms in total. The third-order valence-corrected chi connectivity index (χ3v) is 2.41. The third kappa shape index (κ3) is 2.10. The number of hydrogen-bond acceptors (Lipinski definition) is 2. The van der Waals surface area contributed by atoms with Crippen LogP contribution in [0.4, 0.5) is 4.39 Å². The Morgan fingerprint density at radius 1 is 1.57 bits per heavy atom. The zero-order valence-corrected chi connectivity index (χ0v) is 7.65. The maximum Gasteiger partial charge on any atom is 0.126 e. The van der Waals surface area contributed by atoms with E-state index in [2.05, 4.69) is 0 Å². The van der Waals surface area contributed by atoms with Crippen molar-refractivity contribution in [2.75, 3.05) is 6.61 Å². The van der Waals surface area contributed by atoms with Crippen molar-refractivity contribution in [3.63, 3.8) is 0 Å². The average molecular weight is 194 g/mol. The molecule has 0 radical (unpaired) electrons. The van der Waals surface area contributed by atoms with Gasteiger partial charge >= 0.3 is 0 Å². The minimum atomic E-state index is -0.301. The van der Waals surface area contributed by atoms with Gasteiger partial charge in [-0.15, -0.1) is 0 Å². The van der Waals surface area contributed by atoms with Gasteiger partial charge in [0.2, 0.25) is 0 Å². The highest BCUT2D eigenvalue weighted by molar-refractivity contribution is 5.58. The van der Waals surface area contributed by atoms with Crippen molar-refractivity contribution in [3.8, 4) is 5.75 Å². The van der Waals surface area contributed by atoms with Crippen LogP contribution < -0.4 is 4.74 Å². The average Bonchev–Trinajstić information content (AvgIpc) is 2.93. The van der Waals surface area contributed by atoms with Crippen LogP contribution in [0.5, 0.6) is 5.75 Å². The molecule has 0 aromatic heterocycles. The molecule has 1 aliphatic carbocycles. The molecule has 2 unspecified atom stereocenters. The molecular formula is C11H11FO2. The lowest BCUT2D eigenvalue weighted by Gasteiger charge is -2.04. The molecule has 0 amide bonds. The van der Waals surface area contributed by atoms with Gasteiger partial charge < -0.3 is 9.53 Å². The normalized spacial score (nSPS) is 24.4. The third-order valence-electron chi connectivity index (χ3n) is 2.41. The van der Waals surface area contributed by atoms with Gasteiger partial charge in [0, 0.05) is 17.9 Å². The molecular weight excluding hydrogens is 183 g/mol. The van der Waals surface area contributed by atoms with E-state index in [1.54, 1.807) is 12.1 Å². The van der Waals surface area contributed by atoms with Crippen LogP contribution >= 0.6 is 0 Å². The molecule has 2 atom stereocenters. The van der Waals surface area contributed by atoms with E-state index in [-0.39, 0.29) is 11.7 Å². The molecule has 74 valence electrons. The topological polar surface area (TPSA) is 26.3 Å². The Hall–Kier alpha value is -1.38. The Balaban J connectivity index is 1.84. The van der Waals surface area contributed by atoms with Crippen LogP contribution in [0.2, 0.25) is 0 Å². The van der Waals surface area contributed by atoms with Crippen molar-refractivity contribution < 1.29 is 13.9 Å². The summed E-state index contributed by atoms with van der Waals surface area (Å²) in [5.41, 5.74) is 0. The molecule has 0 N–H and O–H groups in total. The summed E-state index contributed by atoms with van der Waals surface area (Å²) >= 11 is 0. The summed E-state index contributed by atoms with van der Waals surface area (Å²) in [7, 11) is 0. The molecule has 0 aliphatic heterocycles. The zero-order chi connectivity index (χ0) is 9.97. The summed E-state index contributed by atoms with van der Waals surface area (Å²) in [6, 6.07) is 6.03. The lowest BCUT2D eigenvalue weighted by Crippen LogP contribution is -2.01. The van der Waals surface area contributed by atoms with Crippen LogP contribution in [0, 0.1) is 17.7 Å². The minimum Gasteiger partial charge on any atom is -0.493 e. The SMILES string of the molecule is O=CC1CC1COc1cccc(F)c1. The van der Waals surface area contributed by atoms with E-state index in [4.69, 9.17) is 4.74 Å². The van der Waals surface area contributed by atoms with Crippen LogP contribution in [0.25, 0.3) is 0 Å². The second kappa shape index (κ2) is 3.78. The first kappa shape index (κ1) is 9.19. The number of carbonyl (C=O) groups is 1. The Morgan fingerprint density at radius 3 is 3.07 bits per heavy atom. The molecule has 14 heavy (non-hydrogen) atoms. The molecule has 1 fully saturated rings. The maximum atomic E-state index is 12.7. The largest absolute Gasteiger partial charge is 0.493 e. The molecule has 2 rings (SSSR count). The molecule has 1 aromatic rings. The van der Waals surface area contributed by atoms with Crippen LogP contribution in [0.3, 0.4) is 0 Å². The Bertz CT molecular complexity index is 338. The van der Waals surface area contributed by atoms with Gasteiger partial charge in [0.15, 0.2) is 0 Å². The monoisotopic (exact) mass is 194 g/mol. The smallest absolute Gasteiger partial charge is 0.126 e. The quantitative estimate of drug-likeness (QED) is 0.685. The number of carbonyl (C=O) groups excluding carboxylic acids is 1. The van der Waals surface area contributed by atoms with Gasteiger partial charge in [-0.3, -0.25) is 0 Å². The van der Waals surface area contributed by atoms with E-state index in [9.17, 15) is 9.18 Å². The highest BCUT2D eigenvalue weighted by Crippen LogP contribution is 2.36. The van der Waals surface area contributed by atoms with E-state index in [0.29, 0.717) is 18.3 Å². The van der Waals surface area contributed by atoms with E-state index in [0.717, 1.165) is 12.7 Å². The standard InChI is InChI=1S/C11H11FO2/c12-10-2-1-3-11(5-10)14-7-9-4-8(9)6-13/h1-3,5-6,8-9H,4,7H2. The van der Waals surface area contributed by atoms with Crippen molar-refractivity contribution in [1.29, 1.82) is 0 Å². The van der Waals surface area contributed by atoms with Gasteiger partial charge in [0.05, 0.1) is 6.61 Å². The summed E-state index contributed by atoms with van der Waals surface area (Å²) < 4.78 is 18.1. The van der Waals surface area contributed by atoms with Crippen molar-refractivity contribution in [3.05, 3.63) is 30.1 Å². The Labute approximate surface area is 81.7 Å². The molecule has 0 saturated heterocycles. The Morgan fingerprint density at radius 2 is 2.43 bits per heavy atom. The van der Waals surface area contributed by atoms with Crippen LogP contribution in [-0.4, -0.2) is 12.9 Å². The van der Waals surface area contributed by atoms with E-state index < -0.39 is 0 Å². The first-order valence-electron chi connectivity index (χ1n) is 4.63. The molecule has 0 heterocycles. The van der Waals surface area contributed by atoms with Crippen LogP contribution in [-0.2, 0) is 4.79 Å². The fraction of sp³-hybridized carbons (Fsp3) is 0.364. The molecule has 1 aromatic carbocycles. The fourth-order valence-electron chi connectivity index (χ4n) is 1.39. The van der Waals surface area contributed by atoms with E-state index in [1.807, 2.05) is 0 Å². The highest BCUT2D eigenvalue weighted by Gasteiger charge is 2.37. The zero-order valence-electron chi connectivity index (χ0n) is 7.65. The number of benzene rings is 1. The summed E-state index contributed by atoms with van der Waals surface area (Å²) in [5.74, 6) is 0.714. The predicted molar refractivity (Wildman–Crippen MR) is 49.6 cm³/mol. The lowest BCUT2D eigenvalue weighted by molar-refractivity contribution is -0.109. The number of hydrogen-bond donors (Lipinski definition) is 0. The number of rotatable bonds is 4. The van der Waals surface area contributed by atoms with Gasteiger partial charge in [0.1, 0.15) is 17.9 Å². The van der Waals surface area contributed by atoms with E-state index >= 15 is 0 Å². The summed E-state index contributed by atoms with van der Waals surface area (Å²) in [5, 5.41) is 0. The number of aldehydes is 1. The molecule has 3 heteroatoms. The molecule has 1 aliphatic rings. The van der Waals surface area contributed by atoms with Crippen LogP contribution in [0.15, 0.2) is 24.3 Å². The fourth-order valence-corrected chi connectivity index (χ4v) is 1.39. The number of ether oxygens (including phenoxy) is 1. The van der Waals surface area contributed by atoms with Gasteiger partial charge in [0.25, 0.3) is 0 Å². The summed E-state index contributed by atoms with van der Waals surface area (Å²) in [6.45, 7) is 0.507. The van der Waals surface area contributed by atoms with Crippen LogP contribution in [0.1, 0.15) is 6.42 Å². The van der Waals surface area contributed by atoms with E-state index in [1.165, 1.54) is 12.1 Å². The maximum absolute atomic E-state index is 12.7. The molecule has 1 saturated carbocycles. The molecule has 0 bridgehead atoms. The van der Waals surface area contributed by atoms with Gasteiger partial charge in [-0.1, -0.05) is 6.07 Å². The highest BCUT2D eigenvalue weighted by atomic mass is 19.1. The number of halogens is 1. The summed E-state index contributed by atoms with van der Waals surface area (Å²) in [4.78, 5) is 10.3. The first-order valence-corrected chi connectivity index (χ1v) is 4.63. The van der Waals surface area contributed by atoms with Crippen molar-refractivity contribution in [2.24, 2.45) is 11.8 Å². The van der Waals surface area contributed by atoms with Crippen molar-refractivity contribution >= 4 is 6.29 Å². The minimum absolute atomic E-state index is 0.156. The van der Waals surface area contributed by atoms with Gasteiger partial charge in [-0.25, -0.2) is 4.39 Å². The summed E-state index contributed by atoms with van der Waals surface area (Å²) in [6.07, 6.45) is 1.86. The second-order valence-electron chi connectivity index (χ2n) is 3.56. The second-order valence-corrected chi connectivity index (χ2v) is 3.56. The van der Waals surface area contributed by atoms with Crippen molar-refractivity contribution in [2.45, 2.75) is 6.42 Å². The Kier molecular flexibility index (Phi) is 2.48.